The quantitative estimate of drug-likeness (QED) is 0.778. The van der Waals surface area contributed by atoms with Crippen molar-refractivity contribution >= 4 is 26.6 Å². The van der Waals surface area contributed by atoms with Gasteiger partial charge < -0.3 is 9.30 Å². The Morgan fingerprint density at radius 3 is 2.40 bits per heavy atom. The van der Waals surface area contributed by atoms with Crippen molar-refractivity contribution in [2.75, 3.05) is 11.8 Å². The van der Waals surface area contributed by atoms with Crippen LogP contribution in [0.25, 0.3) is 10.9 Å². The number of methoxy groups -OCH3 is 1. The standard InChI is InChI=1S/C18H18N2O4S/c1-12-9-13-10-15(17(24-3)11-16(13)20(2)18(12)21)19-25(22,23)14-7-5-4-6-8-14/h4-11,19H,1-3H3. The van der Waals surface area contributed by atoms with Crippen LogP contribution in [0.3, 0.4) is 0 Å². The van der Waals surface area contributed by atoms with Crippen LogP contribution in [0.1, 0.15) is 5.56 Å². The maximum Gasteiger partial charge on any atom is 0.262 e. The Morgan fingerprint density at radius 1 is 1.08 bits per heavy atom. The largest absolute Gasteiger partial charge is 0.494 e. The summed E-state index contributed by atoms with van der Waals surface area (Å²) in [7, 11) is -0.618. The van der Waals surface area contributed by atoms with E-state index in [4.69, 9.17) is 4.74 Å². The van der Waals surface area contributed by atoms with E-state index < -0.39 is 10.0 Å². The van der Waals surface area contributed by atoms with Crippen molar-refractivity contribution < 1.29 is 13.2 Å². The summed E-state index contributed by atoms with van der Waals surface area (Å²) in [6.45, 7) is 1.72. The number of rotatable bonds is 4. The molecule has 0 unspecified atom stereocenters. The zero-order valence-electron chi connectivity index (χ0n) is 14.1. The molecule has 25 heavy (non-hydrogen) atoms. The lowest BCUT2D eigenvalue weighted by Crippen LogP contribution is -2.19. The lowest BCUT2D eigenvalue weighted by atomic mass is 10.1. The van der Waals surface area contributed by atoms with Crippen LogP contribution in [0, 0.1) is 6.92 Å². The molecule has 1 N–H and O–H groups in total. The van der Waals surface area contributed by atoms with Gasteiger partial charge >= 0.3 is 0 Å². The second-order valence-corrected chi connectivity index (χ2v) is 7.40. The van der Waals surface area contributed by atoms with Crippen LogP contribution in [-0.4, -0.2) is 20.1 Å². The Hall–Kier alpha value is -2.80. The fourth-order valence-electron chi connectivity index (χ4n) is 2.71. The average Bonchev–Trinajstić information content (AvgIpc) is 2.60. The minimum atomic E-state index is -3.74. The molecule has 3 aromatic rings. The van der Waals surface area contributed by atoms with Crippen molar-refractivity contribution in [3.63, 3.8) is 0 Å². The molecular weight excluding hydrogens is 340 g/mol. The van der Waals surface area contributed by atoms with E-state index in [0.29, 0.717) is 22.5 Å². The maximum atomic E-state index is 12.6. The molecule has 130 valence electrons. The molecule has 3 rings (SSSR count). The fourth-order valence-corrected chi connectivity index (χ4v) is 3.80. The van der Waals surface area contributed by atoms with Gasteiger partial charge in [-0.15, -0.1) is 0 Å². The van der Waals surface area contributed by atoms with Crippen LogP contribution in [-0.2, 0) is 17.1 Å². The molecule has 0 aliphatic rings. The molecule has 0 saturated carbocycles. The number of hydrogen-bond donors (Lipinski definition) is 1. The maximum absolute atomic E-state index is 12.6. The van der Waals surface area contributed by atoms with Crippen LogP contribution in [0.2, 0.25) is 0 Å². The van der Waals surface area contributed by atoms with E-state index in [0.717, 1.165) is 5.39 Å². The number of aryl methyl sites for hydroxylation is 2. The first-order chi connectivity index (χ1) is 11.8. The number of pyridine rings is 1. The zero-order chi connectivity index (χ0) is 18.2. The molecule has 1 aromatic heterocycles. The summed E-state index contributed by atoms with van der Waals surface area (Å²) in [5, 5.41) is 0.742. The molecule has 0 aliphatic carbocycles. The third-order valence-electron chi connectivity index (χ3n) is 4.02. The molecule has 0 spiro atoms. The number of hydrogen-bond acceptors (Lipinski definition) is 4. The van der Waals surface area contributed by atoms with Crippen LogP contribution in [0.15, 0.2) is 58.2 Å². The van der Waals surface area contributed by atoms with Crippen molar-refractivity contribution in [2.24, 2.45) is 7.05 Å². The summed E-state index contributed by atoms with van der Waals surface area (Å²) in [6, 6.07) is 13.2. The molecule has 0 radical (unpaired) electrons. The summed E-state index contributed by atoms with van der Waals surface area (Å²) < 4.78 is 34.5. The van der Waals surface area contributed by atoms with E-state index >= 15 is 0 Å². The van der Waals surface area contributed by atoms with Gasteiger partial charge in [-0.2, -0.15) is 0 Å². The number of anilines is 1. The van der Waals surface area contributed by atoms with E-state index in [9.17, 15) is 13.2 Å². The van der Waals surface area contributed by atoms with E-state index in [-0.39, 0.29) is 10.5 Å². The van der Waals surface area contributed by atoms with Crippen LogP contribution < -0.4 is 15.0 Å². The number of nitrogens with one attached hydrogen (secondary N) is 1. The molecule has 6 nitrogen and oxygen atoms in total. The van der Waals surface area contributed by atoms with Gasteiger partial charge in [0.15, 0.2) is 0 Å². The third-order valence-corrected chi connectivity index (χ3v) is 5.40. The van der Waals surface area contributed by atoms with Gasteiger partial charge in [-0.1, -0.05) is 18.2 Å². The summed E-state index contributed by atoms with van der Waals surface area (Å²) in [6.07, 6.45) is 0. The monoisotopic (exact) mass is 358 g/mol. The van der Waals surface area contributed by atoms with Crippen molar-refractivity contribution in [3.8, 4) is 5.75 Å². The highest BCUT2D eigenvalue weighted by atomic mass is 32.2. The molecule has 2 aromatic carbocycles. The predicted molar refractivity (Wildman–Crippen MR) is 97.7 cm³/mol. The van der Waals surface area contributed by atoms with Gasteiger partial charge in [-0.05, 0) is 31.2 Å². The number of aromatic nitrogens is 1. The predicted octanol–water partition coefficient (Wildman–Crippen LogP) is 2.66. The highest BCUT2D eigenvalue weighted by Crippen LogP contribution is 2.31. The van der Waals surface area contributed by atoms with Crippen molar-refractivity contribution in [3.05, 3.63) is 64.4 Å². The molecule has 7 heteroatoms. The first kappa shape index (κ1) is 17.0. The number of ether oxygens (including phenoxy) is 1. The molecule has 0 aliphatic heterocycles. The van der Waals surface area contributed by atoms with Gasteiger partial charge in [0.25, 0.3) is 15.6 Å². The van der Waals surface area contributed by atoms with E-state index in [1.165, 1.54) is 23.8 Å². The summed E-state index contributed by atoms with van der Waals surface area (Å²) in [5.41, 5.74) is 1.45. The molecule has 0 fully saturated rings. The SMILES string of the molecule is COc1cc2c(cc1NS(=O)(=O)c1ccccc1)cc(C)c(=O)n2C. The number of sulfonamides is 1. The number of nitrogens with zero attached hydrogens (tertiary/aromatic N) is 1. The van der Waals surface area contributed by atoms with Gasteiger partial charge in [0, 0.05) is 24.1 Å². The molecular formula is C18H18N2O4S. The Balaban J connectivity index is 2.16. The lowest BCUT2D eigenvalue weighted by molar-refractivity contribution is 0.417. The van der Waals surface area contributed by atoms with Gasteiger partial charge in [0.05, 0.1) is 23.2 Å². The molecule has 0 bridgehead atoms. The van der Waals surface area contributed by atoms with Gasteiger partial charge in [-0.25, -0.2) is 8.42 Å². The van der Waals surface area contributed by atoms with Crippen molar-refractivity contribution in [1.82, 2.24) is 4.57 Å². The van der Waals surface area contributed by atoms with E-state index in [2.05, 4.69) is 4.72 Å². The third kappa shape index (κ3) is 3.10. The lowest BCUT2D eigenvalue weighted by Gasteiger charge is -2.15. The zero-order valence-corrected chi connectivity index (χ0v) is 14.9. The minimum Gasteiger partial charge on any atom is -0.494 e. The van der Waals surface area contributed by atoms with E-state index in [1.807, 2.05) is 0 Å². The van der Waals surface area contributed by atoms with Crippen LogP contribution in [0.5, 0.6) is 5.75 Å². The summed E-state index contributed by atoms with van der Waals surface area (Å²) in [5.74, 6) is 0.339. The Labute approximate surface area is 145 Å². The first-order valence-electron chi connectivity index (χ1n) is 7.60. The highest BCUT2D eigenvalue weighted by molar-refractivity contribution is 7.92. The second kappa shape index (κ2) is 6.25. The topological polar surface area (TPSA) is 77.4 Å². The molecule has 1 heterocycles. The van der Waals surface area contributed by atoms with Gasteiger partial charge in [-0.3, -0.25) is 9.52 Å². The Bertz CT molecular complexity index is 1100. The normalized spacial score (nSPS) is 11.5. The second-order valence-electron chi connectivity index (χ2n) is 5.72. The smallest absolute Gasteiger partial charge is 0.262 e. The average molecular weight is 358 g/mol. The summed E-state index contributed by atoms with van der Waals surface area (Å²) in [4.78, 5) is 12.3. The van der Waals surface area contributed by atoms with Crippen LogP contribution >= 0.6 is 0 Å². The van der Waals surface area contributed by atoms with E-state index in [1.54, 1.807) is 50.4 Å². The highest BCUT2D eigenvalue weighted by Gasteiger charge is 2.17. The van der Waals surface area contributed by atoms with Crippen molar-refractivity contribution in [2.45, 2.75) is 11.8 Å². The van der Waals surface area contributed by atoms with Gasteiger partial charge in [0.2, 0.25) is 0 Å². The Kier molecular flexibility index (Phi) is 4.26. The Morgan fingerprint density at radius 2 is 1.76 bits per heavy atom. The molecule has 0 saturated heterocycles. The first-order valence-corrected chi connectivity index (χ1v) is 9.08. The van der Waals surface area contributed by atoms with Crippen LogP contribution in [0.4, 0.5) is 5.69 Å². The minimum absolute atomic E-state index is 0.104. The fraction of sp³-hybridized carbons (Fsp3) is 0.167. The van der Waals surface area contributed by atoms with Crippen molar-refractivity contribution in [1.29, 1.82) is 0 Å². The summed E-state index contributed by atoms with van der Waals surface area (Å²) >= 11 is 0. The van der Waals surface area contributed by atoms with Gasteiger partial charge in [0.1, 0.15) is 5.75 Å². The number of fused-ring (bicyclic) bond motifs is 1. The molecule has 0 amide bonds. The number of benzene rings is 2. The molecule has 0 atom stereocenters.